The average molecular weight is 513 g/mol. The van der Waals surface area contributed by atoms with Crippen LogP contribution in [0.2, 0.25) is 0 Å². The maximum atomic E-state index is 5.37. The highest BCUT2D eigenvalue weighted by Gasteiger charge is 2.13. The van der Waals surface area contributed by atoms with E-state index in [0.29, 0.717) is 0 Å². The third kappa shape index (κ3) is 4.28. The summed E-state index contributed by atoms with van der Waals surface area (Å²) in [5.41, 5.74) is 4.91. The highest BCUT2D eigenvalue weighted by molar-refractivity contribution is 7.23. The Morgan fingerprint density at radius 2 is 0.971 bits per heavy atom. The molecule has 1 nitrogen and oxygen atoms in total. The number of rotatable bonds is 6. The van der Waals surface area contributed by atoms with Crippen molar-refractivity contribution in [1.82, 2.24) is 0 Å². The van der Waals surface area contributed by atoms with E-state index in [9.17, 15) is 0 Å². The molecule has 0 saturated carbocycles. The molecule has 0 N–H and O–H groups in total. The lowest BCUT2D eigenvalue weighted by Gasteiger charge is -2.10. The molecular weight excluding hydrogens is 493 g/mol. The van der Waals surface area contributed by atoms with Gasteiger partial charge < -0.3 is 4.74 Å². The molecule has 0 spiro atoms. The van der Waals surface area contributed by atoms with Crippen LogP contribution in [0.4, 0.5) is 0 Å². The Hall–Kier alpha value is -2.96. The molecule has 6 aromatic rings. The van der Waals surface area contributed by atoms with Gasteiger partial charge in [0.2, 0.25) is 0 Å². The molecule has 0 fully saturated rings. The van der Waals surface area contributed by atoms with Crippen molar-refractivity contribution < 1.29 is 4.74 Å². The number of benzene rings is 2. The van der Waals surface area contributed by atoms with Crippen LogP contribution in [0.1, 0.15) is 0 Å². The summed E-state index contributed by atoms with van der Waals surface area (Å²) in [6, 6.07) is 32.9. The second-order valence-electron chi connectivity index (χ2n) is 7.81. The van der Waals surface area contributed by atoms with Gasteiger partial charge in [-0.3, -0.25) is 0 Å². The Morgan fingerprint density at radius 3 is 1.44 bits per heavy atom. The van der Waals surface area contributed by atoms with E-state index in [1.165, 1.54) is 51.5 Å². The van der Waals surface area contributed by atoms with E-state index in [1.807, 2.05) is 34.8 Å². The predicted molar refractivity (Wildman–Crippen MR) is 152 cm³/mol. The van der Waals surface area contributed by atoms with Crippen LogP contribution in [-0.2, 0) is 0 Å². The van der Waals surface area contributed by atoms with Crippen LogP contribution in [0.5, 0.6) is 5.75 Å². The zero-order valence-electron chi connectivity index (χ0n) is 18.4. The second-order valence-corrected chi connectivity index (χ2v) is 11.9. The Morgan fingerprint density at radius 1 is 0.471 bits per heavy atom. The normalized spacial score (nSPS) is 11.1. The Balaban J connectivity index is 1.46. The number of ether oxygens (including phenoxy) is 1. The molecule has 0 atom stereocenters. The standard InChI is InChI=1S/C29H20OS4/c1-30-23-8-6-19(7-9-23)20-16-21(24-10-12-28(33-24)26-4-2-14-31-26)18-22(17-20)25-11-13-29(34-25)27-5-3-15-32-27/h2-18H,1H3. The number of hydrogen-bond donors (Lipinski definition) is 0. The van der Waals surface area contributed by atoms with E-state index < -0.39 is 0 Å². The lowest BCUT2D eigenvalue weighted by atomic mass is 9.98. The maximum absolute atomic E-state index is 5.37. The van der Waals surface area contributed by atoms with Gasteiger partial charge in [-0.1, -0.05) is 24.3 Å². The van der Waals surface area contributed by atoms with Crippen molar-refractivity contribution in [2.24, 2.45) is 0 Å². The van der Waals surface area contributed by atoms with Crippen molar-refractivity contribution in [3.8, 4) is 57.3 Å². The van der Waals surface area contributed by atoms with E-state index in [1.54, 1.807) is 29.8 Å². The zero-order chi connectivity index (χ0) is 22.9. The molecule has 0 unspecified atom stereocenters. The minimum Gasteiger partial charge on any atom is -0.497 e. The maximum Gasteiger partial charge on any atom is 0.118 e. The molecule has 0 bridgehead atoms. The van der Waals surface area contributed by atoms with Gasteiger partial charge in [-0.25, -0.2) is 0 Å². The fourth-order valence-corrected chi connectivity index (χ4v) is 7.61. The van der Waals surface area contributed by atoms with E-state index in [2.05, 4.69) is 89.6 Å². The summed E-state index contributed by atoms with van der Waals surface area (Å²) in [4.78, 5) is 7.85. The van der Waals surface area contributed by atoms with Gasteiger partial charge >= 0.3 is 0 Å². The fraction of sp³-hybridized carbons (Fsp3) is 0.0345. The predicted octanol–water partition coefficient (Wildman–Crippen LogP) is 10.3. The highest BCUT2D eigenvalue weighted by atomic mass is 32.1. The van der Waals surface area contributed by atoms with E-state index in [0.717, 1.165) is 5.75 Å². The molecule has 0 saturated heterocycles. The lowest BCUT2D eigenvalue weighted by molar-refractivity contribution is 0.415. The molecule has 0 aliphatic carbocycles. The van der Waals surface area contributed by atoms with Crippen molar-refractivity contribution >= 4 is 45.3 Å². The summed E-state index contributed by atoms with van der Waals surface area (Å²) < 4.78 is 5.37. The molecule has 6 rings (SSSR count). The third-order valence-corrected chi connectivity index (χ3v) is 10.1. The first-order valence-corrected chi connectivity index (χ1v) is 14.2. The first-order chi connectivity index (χ1) is 16.8. The summed E-state index contributed by atoms with van der Waals surface area (Å²) >= 11 is 7.29. The smallest absolute Gasteiger partial charge is 0.118 e. The van der Waals surface area contributed by atoms with E-state index in [-0.39, 0.29) is 0 Å². The summed E-state index contributed by atoms with van der Waals surface area (Å²) in [6.45, 7) is 0. The van der Waals surface area contributed by atoms with E-state index >= 15 is 0 Å². The molecule has 166 valence electrons. The van der Waals surface area contributed by atoms with Crippen LogP contribution in [0.3, 0.4) is 0 Å². The van der Waals surface area contributed by atoms with Crippen LogP contribution in [0, 0.1) is 0 Å². The second kappa shape index (κ2) is 9.35. The molecule has 0 aliphatic heterocycles. The third-order valence-electron chi connectivity index (χ3n) is 5.67. The van der Waals surface area contributed by atoms with Crippen molar-refractivity contribution in [3.05, 3.63) is 102 Å². The van der Waals surface area contributed by atoms with Gasteiger partial charge in [-0.05, 0) is 99.7 Å². The van der Waals surface area contributed by atoms with Gasteiger partial charge in [0, 0.05) is 29.3 Å². The van der Waals surface area contributed by atoms with Crippen LogP contribution in [0.15, 0.2) is 102 Å². The topological polar surface area (TPSA) is 9.23 Å². The molecule has 0 aliphatic rings. The van der Waals surface area contributed by atoms with Crippen LogP contribution >= 0.6 is 45.3 Å². The molecular formula is C29H20OS4. The summed E-state index contributed by atoms with van der Waals surface area (Å²) in [7, 11) is 1.71. The van der Waals surface area contributed by atoms with Crippen LogP contribution in [0.25, 0.3) is 51.5 Å². The van der Waals surface area contributed by atoms with Gasteiger partial charge in [0.1, 0.15) is 5.75 Å². The SMILES string of the molecule is COc1ccc(-c2cc(-c3ccc(-c4cccs4)s3)cc(-c3ccc(-c4cccs4)s3)c2)cc1. The first kappa shape index (κ1) is 21.6. The molecule has 34 heavy (non-hydrogen) atoms. The van der Waals surface area contributed by atoms with Crippen LogP contribution < -0.4 is 4.74 Å². The summed E-state index contributed by atoms with van der Waals surface area (Å²) in [5, 5.41) is 4.28. The minimum absolute atomic E-state index is 0.873. The molecule has 0 radical (unpaired) electrons. The van der Waals surface area contributed by atoms with Gasteiger partial charge in [0.05, 0.1) is 7.11 Å². The molecule has 4 aromatic heterocycles. The highest BCUT2D eigenvalue weighted by Crippen LogP contribution is 2.42. The zero-order valence-corrected chi connectivity index (χ0v) is 21.6. The van der Waals surface area contributed by atoms with Crippen molar-refractivity contribution in [2.45, 2.75) is 0 Å². The Kier molecular flexibility index (Phi) is 5.93. The van der Waals surface area contributed by atoms with Gasteiger partial charge in [0.25, 0.3) is 0 Å². The number of methoxy groups -OCH3 is 1. The summed E-state index contributed by atoms with van der Waals surface area (Å²) in [5.74, 6) is 0.873. The molecule has 4 heterocycles. The van der Waals surface area contributed by atoms with Gasteiger partial charge in [-0.15, -0.1) is 45.3 Å². The monoisotopic (exact) mass is 512 g/mol. The fourth-order valence-electron chi connectivity index (χ4n) is 3.95. The molecule has 2 aromatic carbocycles. The van der Waals surface area contributed by atoms with Crippen molar-refractivity contribution in [2.75, 3.05) is 7.11 Å². The summed E-state index contributed by atoms with van der Waals surface area (Å²) in [6.07, 6.45) is 0. The lowest BCUT2D eigenvalue weighted by Crippen LogP contribution is -1.85. The van der Waals surface area contributed by atoms with Crippen molar-refractivity contribution in [1.29, 1.82) is 0 Å². The molecule has 5 heteroatoms. The van der Waals surface area contributed by atoms with Crippen molar-refractivity contribution in [3.63, 3.8) is 0 Å². The van der Waals surface area contributed by atoms with Gasteiger partial charge in [-0.2, -0.15) is 0 Å². The average Bonchev–Trinajstić information content (AvgIpc) is 3.70. The largest absolute Gasteiger partial charge is 0.497 e. The Bertz CT molecular complexity index is 1430. The quantitative estimate of drug-likeness (QED) is 0.216. The minimum atomic E-state index is 0.873. The number of hydrogen-bond acceptors (Lipinski definition) is 5. The first-order valence-electron chi connectivity index (χ1n) is 10.8. The van der Waals surface area contributed by atoms with Gasteiger partial charge in [0.15, 0.2) is 0 Å². The molecule has 0 amide bonds. The Labute approximate surface area is 215 Å². The van der Waals surface area contributed by atoms with E-state index in [4.69, 9.17) is 4.74 Å². The van der Waals surface area contributed by atoms with Crippen LogP contribution in [-0.4, -0.2) is 7.11 Å². The number of thiophene rings is 4.